The fraction of sp³-hybridized carbons (Fsp3) is 0.778. The highest BCUT2D eigenvalue weighted by Crippen LogP contribution is 2.63. The van der Waals surface area contributed by atoms with Gasteiger partial charge in [-0.1, -0.05) is 25.5 Å². The van der Waals surface area contributed by atoms with Gasteiger partial charge in [-0.25, -0.2) is 0 Å². The molecule has 0 aromatic carbocycles. The number of ether oxygens (including phenoxy) is 1. The standard InChI is InChI=1S/C18H26O3/c1-12-13-7-11-18(16(20)21-3)9-5-4-6-15(18)17(13,2)10-8-14(12)19/h6,12-13H,4-5,7-11H2,1-3H3. The Bertz CT molecular complexity index is 507. The Balaban J connectivity index is 2.06. The van der Waals surface area contributed by atoms with Crippen LogP contribution in [-0.4, -0.2) is 18.9 Å². The molecule has 0 heterocycles. The predicted molar refractivity (Wildman–Crippen MR) is 80.6 cm³/mol. The lowest BCUT2D eigenvalue weighted by molar-refractivity contribution is -0.156. The van der Waals surface area contributed by atoms with Crippen molar-refractivity contribution in [2.24, 2.45) is 22.7 Å². The maximum absolute atomic E-state index is 12.6. The molecule has 2 saturated carbocycles. The molecule has 3 rings (SSSR count). The van der Waals surface area contributed by atoms with Crippen LogP contribution in [0.4, 0.5) is 0 Å². The van der Waals surface area contributed by atoms with E-state index in [0.717, 1.165) is 38.5 Å². The first kappa shape index (κ1) is 14.8. The molecule has 3 aliphatic rings. The molecule has 0 aromatic rings. The third-order valence-electron chi connectivity index (χ3n) is 6.57. The smallest absolute Gasteiger partial charge is 0.315 e. The van der Waals surface area contributed by atoms with Gasteiger partial charge >= 0.3 is 5.97 Å². The first-order chi connectivity index (χ1) is 9.95. The van der Waals surface area contributed by atoms with Gasteiger partial charge in [0.25, 0.3) is 0 Å². The van der Waals surface area contributed by atoms with Gasteiger partial charge in [-0.2, -0.15) is 0 Å². The van der Waals surface area contributed by atoms with Crippen molar-refractivity contribution < 1.29 is 14.3 Å². The Kier molecular flexibility index (Phi) is 3.50. The molecule has 0 amide bonds. The quantitative estimate of drug-likeness (QED) is 0.546. The van der Waals surface area contributed by atoms with Crippen molar-refractivity contribution in [3.63, 3.8) is 0 Å². The number of esters is 1. The highest BCUT2D eigenvalue weighted by molar-refractivity contribution is 5.84. The number of rotatable bonds is 1. The van der Waals surface area contributed by atoms with Gasteiger partial charge in [-0.3, -0.25) is 9.59 Å². The zero-order chi connectivity index (χ0) is 15.3. The van der Waals surface area contributed by atoms with Crippen LogP contribution in [0.15, 0.2) is 11.6 Å². The average molecular weight is 290 g/mol. The van der Waals surface area contributed by atoms with E-state index in [9.17, 15) is 9.59 Å². The van der Waals surface area contributed by atoms with Gasteiger partial charge in [0.05, 0.1) is 12.5 Å². The Morgan fingerprint density at radius 2 is 2.10 bits per heavy atom. The number of hydrogen-bond donors (Lipinski definition) is 0. The SMILES string of the molecule is COC(=O)C12CCCC=C1C1(C)CCC(=O)C(C)C1CC2. The Hall–Kier alpha value is -1.12. The average Bonchev–Trinajstić information content (AvgIpc) is 2.50. The number of hydrogen-bond acceptors (Lipinski definition) is 3. The van der Waals surface area contributed by atoms with E-state index in [2.05, 4.69) is 19.9 Å². The van der Waals surface area contributed by atoms with Crippen molar-refractivity contribution in [1.82, 2.24) is 0 Å². The number of carbonyl (C=O) groups is 2. The molecule has 0 radical (unpaired) electrons. The third kappa shape index (κ3) is 1.92. The number of fused-ring (bicyclic) bond motifs is 3. The summed E-state index contributed by atoms with van der Waals surface area (Å²) in [6, 6.07) is 0. The van der Waals surface area contributed by atoms with E-state index in [-0.39, 0.29) is 17.3 Å². The van der Waals surface area contributed by atoms with Crippen molar-refractivity contribution in [2.45, 2.75) is 58.8 Å². The Morgan fingerprint density at radius 3 is 2.81 bits per heavy atom. The molecule has 0 bridgehead atoms. The number of Topliss-reactive ketones (excluding diaryl/α,β-unsaturated/α-hetero) is 1. The second kappa shape index (κ2) is 4.96. The zero-order valence-electron chi connectivity index (χ0n) is 13.4. The van der Waals surface area contributed by atoms with Gasteiger partial charge in [-0.15, -0.1) is 0 Å². The van der Waals surface area contributed by atoms with Gasteiger partial charge in [-0.05, 0) is 49.9 Å². The molecule has 0 aromatic heterocycles. The molecule has 0 spiro atoms. The molecule has 0 saturated heterocycles. The molecular formula is C18H26O3. The minimum absolute atomic E-state index is 0.000185. The van der Waals surface area contributed by atoms with Crippen molar-refractivity contribution in [1.29, 1.82) is 0 Å². The third-order valence-corrected chi connectivity index (χ3v) is 6.57. The van der Waals surface area contributed by atoms with Gasteiger partial charge < -0.3 is 4.74 Å². The van der Waals surface area contributed by atoms with E-state index in [1.54, 1.807) is 0 Å². The number of allylic oxidation sites excluding steroid dienone is 1. The molecular weight excluding hydrogens is 264 g/mol. The first-order valence-corrected chi connectivity index (χ1v) is 8.28. The highest BCUT2D eigenvalue weighted by Gasteiger charge is 2.58. The fourth-order valence-corrected chi connectivity index (χ4v) is 5.41. The monoisotopic (exact) mass is 290 g/mol. The summed E-state index contributed by atoms with van der Waals surface area (Å²) < 4.78 is 5.18. The van der Waals surface area contributed by atoms with Crippen LogP contribution in [0.1, 0.15) is 58.8 Å². The summed E-state index contributed by atoms with van der Waals surface area (Å²) in [5.41, 5.74) is 0.891. The van der Waals surface area contributed by atoms with Crippen LogP contribution >= 0.6 is 0 Å². The Morgan fingerprint density at radius 1 is 1.33 bits per heavy atom. The minimum atomic E-state index is -0.404. The highest BCUT2D eigenvalue weighted by atomic mass is 16.5. The van der Waals surface area contributed by atoms with Crippen LogP contribution in [0.5, 0.6) is 0 Å². The van der Waals surface area contributed by atoms with E-state index < -0.39 is 5.41 Å². The van der Waals surface area contributed by atoms with E-state index in [0.29, 0.717) is 18.1 Å². The minimum Gasteiger partial charge on any atom is -0.468 e. The van der Waals surface area contributed by atoms with Gasteiger partial charge in [0, 0.05) is 12.3 Å². The van der Waals surface area contributed by atoms with Crippen molar-refractivity contribution in [2.75, 3.05) is 7.11 Å². The molecule has 0 aliphatic heterocycles. The summed E-state index contributed by atoms with van der Waals surface area (Å²) in [6.45, 7) is 4.37. The van der Waals surface area contributed by atoms with E-state index in [1.807, 2.05) is 0 Å². The van der Waals surface area contributed by atoms with Gasteiger partial charge in [0.15, 0.2) is 0 Å². The molecule has 2 fully saturated rings. The predicted octanol–water partition coefficient (Wildman–Crippen LogP) is 3.67. The molecule has 4 atom stereocenters. The topological polar surface area (TPSA) is 43.4 Å². The lowest BCUT2D eigenvalue weighted by Gasteiger charge is -2.56. The van der Waals surface area contributed by atoms with Crippen molar-refractivity contribution >= 4 is 11.8 Å². The van der Waals surface area contributed by atoms with Crippen LogP contribution in [-0.2, 0) is 14.3 Å². The number of carbonyl (C=O) groups excluding carboxylic acids is 2. The fourth-order valence-electron chi connectivity index (χ4n) is 5.41. The van der Waals surface area contributed by atoms with E-state index in [1.165, 1.54) is 12.7 Å². The van der Waals surface area contributed by atoms with E-state index in [4.69, 9.17) is 4.74 Å². The van der Waals surface area contributed by atoms with Crippen LogP contribution in [0.2, 0.25) is 0 Å². The maximum atomic E-state index is 12.6. The van der Waals surface area contributed by atoms with Crippen molar-refractivity contribution in [3.05, 3.63) is 11.6 Å². The molecule has 116 valence electrons. The summed E-state index contributed by atoms with van der Waals surface area (Å²) >= 11 is 0. The van der Waals surface area contributed by atoms with Crippen LogP contribution in [0.25, 0.3) is 0 Å². The summed E-state index contributed by atoms with van der Waals surface area (Å²) in [5, 5.41) is 0. The number of methoxy groups -OCH3 is 1. The zero-order valence-corrected chi connectivity index (χ0v) is 13.4. The first-order valence-electron chi connectivity index (χ1n) is 8.28. The normalized spacial score (nSPS) is 42.6. The maximum Gasteiger partial charge on any atom is 0.315 e. The van der Waals surface area contributed by atoms with E-state index >= 15 is 0 Å². The second-order valence-corrected chi connectivity index (χ2v) is 7.40. The van der Waals surface area contributed by atoms with Crippen molar-refractivity contribution in [3.8, 4) is 0 Å². The largest absolute Gasteiger partial charge is 0.468 e. The summed E-state index contributed by atoms with van der Waals surface area (Å²) in [7, 11) is 1.50. The molecule has 4 unspecified atom stereocenters. The molecule has 3 nitrogen and oxygen atoms in total. The lowest BCUT2D eigenvalue weighted by Crippen LogP contribution is -2.53. The summed E-state index contributed by atoms with van der Waals surface area (Å²) in [4.78, 5) is 24.7. The Labute approximate surface area is 127 Å². The summed E-state index contributed by atoms with van der Waals surface area (Å²) in [5.74, 6) is 0.861. The van der Waals surface area contributed by atoms with Crippen LogP contribution in [0, 0.1) is 22.7 Å². The molecule has 21 heavy (non-hydrogen) atoms. The van der Waals surface area contributed by atoms with Gasteiger partial charge in [0.2, 0.25) is 0 Å². The molecule has 3 heteroatoms. The molecule has 0 N–H and O–H groups in total. The van der Waals surface area contributed by atoms with Gasteiger partial charge in [0.1, 0.15) is 5.78 Å². The van der Waals surface area contributed by atoms with Crippen LogP contribution < -0.4 is 0 Å². The molecule has 3 aliphatic carbocycles. The van der Waals surface area contributed by atoms with Crippen LogP contribution in [0.3, 0.4) is 0 Å². The summed E-state index contributed by atoms with van der Waals surface area (Å²) in [6.07, 6.45) is 8.70. The second-order valence-electron chi connectivity index (χ2n) is 7.40. The number of ketones is 1. The lowest BCUT2D eigenvalue weighted by atomic mass is 9.46.